The zero-order valence-corrected chi connectivity index (χ0v) is 18.3. The van der Waals surface area contributed by atoms with Crippen molar-refractivity contribution >= 4 is 35.1 Å². The maximum Gasteiger partial charge on any atom is 0.316 e. The van der Waals surface area contributed by atoms with E-state index in [2.05, 4.69) is 13.5 Å². The Hall–Kier alpha value is -0.804. The summed E-state index contributed by atoms with van der Waals surface area (Å²) in [4.78, 5) is 10.3. The number of carbonyl (C=O) groups is 1. The van der Waals surface area contributed by atoms with E-state index >= 15 is 0 Å². The molecule has 0 saturated carbocycles. The Balaban J connectivity index is 0. The van der Waals surface area contributed by atoms with Crippen molar-refractivity contribution in [1.29, 1.82) is 0 Å². The lowest BCUT2D eigenvalue weighted by Gasteiger charge is -2.03. The molecular formula is C26H46MgO2. The average Bonchev–Trinajstić information content (AvgIpc) is 2.72. The van der Waals surface area contributed by atoms with Gasteiger partial charge >= 0.3 is 29.0 Å². The van der Waals surface area contributed by atoms with Gasteiger partial charge in [0, 0.05) is 6.42 Å². The van der Waals surface area contributed by atoms with Crippen LogP contribution in [0.15, 0.2) is 36.9 Å². The predicted octanol–water partition coefficient (Wildman–Crippen LogP) is 7.75. The SMILES string of the molecule is C=Cc1ccccc1.CCCCCCCCCCCCCCCCCC(=O)O.[MgH2]. The zero-order valence-electron chi connectivity index (χ0n) is 18.3. The van der Waals surface area contributed by atoms with Gasteiger partial charge in [0.25, 0.3) is 0 Å². The third-order valence-electron chi connectivity index (χ3n) is 5.03. The van der Waals surface area contributed by atoms with Crippen molar-refractivity contribution in [3.63, 3.8) is 0 Å². The minimum absolute atomic E-state index is 0. The second-order valence-electron chi connectivity index (χ2n) is 7.71. The molecule has 0 amide bonds. The highest BCUT2D eigenvalue weighted by atomic mass is 24.3. The van der Waals surface area contributed by atoms with E-state index < -0.39 is 5.97 Å². The Kier molecular flexibility index (Phi) is 26.4. The Morgan fingerprint density at radius 2 is 1.14 bits per heavy atom. The molecule has 0 unspecified atom stereocenters. The van der Waals surface area contributed by atoms with Crippen molar-refractivity contribution < 1.29 is 9.90 Å². The van der Waals surface area contributed by atoms with Crippen LogP contribution in [-0.2, 0) is 4.79 Å². The molecule has 0 radical (unpaired) electrons. The van der Waals surface area contributed by atoms with Crippen LogP contribution in [-0.4, -0.2) is 34.1 Å². The van der Waals surface area contributed by atoms with E-state index in [0.29, 0.717) is 6.42 Å². The standard InChI is InChI=1S/C18H36O2.C8H8.Mg.2H/c1-2-3-4-5-6-7-8-9-10-11-12-13-14-15-16-17-18(19)20;1-2-8-6-4-3-5-7-8;;;/h2-17H2,1H3,(H,19,20);2-7H,1H2;;;. The lowest BCUT2D eigenvalue weighted by atomic mass is 10.0. The van der Waals surface area contributed by atoms with Crippen LogP contribution in [0.25, 0.3) is 6.08 Å². The largest absolute Gasteiger partial charge is 0.481 e. The van der Waals surface area contributed by atoms with Crippen molar-refractivity contribution in [3.05, 3.63) is 42.5 Å². The van der Waals surface area contributed by atoms with E-state index in [4.69, 9.17) is 5.11 Å². The molecule has 1 aromatic rings. The fraction of sp³-hybridized carbons (Fsp3) is 0.654. The molecule has 0 aliphatic heterocycles. The van der Waals surface area contributed by atoms with E-state index in [0.717, 1.165) is 12.8 Å². The fourth-order valence-corrected chi connectivity index (χ4v) is 3.24. The molecular weight excluding hydrogens is 369 g/mol. The molecule has 1 rings (SSSR count). The normalized spacial score (nSPS) is 9.83. The van der Waals surface area contributed by atoms with Gasteiger partial charge in [0.2, 0.25) is 0 Å². The number of aliphatic carboxylic acids is 1. The van der Waals surface area contributed by atoms with Crippen LogP contribution in [0, 0.1) is 0 Å². The molecule has 29 heavy (non-hydrogen) atoms. The van der Waals surface area contributed by atoms with Gasteiger partial charge in [-0.05, 0) is 12.0 Å². The lowest BCUT2D eigenvalue weighted by Crippen LogP contribution is -1.93. The molecule has 0 atom stereocenters. The summed E-state index contributed by atoms with van der Waals surface area (Å²) in [5.74, 6) is -0.653. The van der Waals surface area contributed by atoms with Crippen LogP contribution in [0.4, 0.5) is 0 Å². The van der Waals surface area contributed by atoms with Gasteiger partial charge in [-0.25, -0.2) is 0 Å². The summed E-state index contributed by atoms with van der Waals surface area (Å²) in [5.41, 5.74) is 1.17. The van der Waals surface area contributed by atoms with Gasteiger partial charge in [0.1, 0.15) is 0 Å². The van der Waals surface area contributed by atoms with Crippen LogP contribution >= 0.6 is 0 Å². The molecule has 0 saturated heterocycles. The van der Waals surface area contributed by atoms with Crippen LogP contribution < -0.4 is 0 Å². The summed E-state index contributed by atoms with van der Waals surface area (Å²) < 4.78 is 0. The molecule has 0 bridgehead atoms. The number of benzene rings is 1. The molecule has 1 N–H and O–H groups in total. The van der Waals surface area contributed by atoms with Crippen LogP contribution in [0.2, 0.25) is 0 Å². The summed E-state index contributed by atoms with van der Waals surface area (Å²) in [7, 11) is 0. The second kappa shape index (κ2) is 25.2. The average molecular weight is 415 g/mol. The van der Waals surface area contributed by atoms with Crippen LogP contribution in [0.1, 0.15) is 115 Å². The van der Waals surface area contributed by atoms with E-state index in [1.807, 2.05) is 36.4 Å². The molecule has 0 fully saturated rings. The van der Waals surface area contributed by atoms with Crippen molar-refractivity contribution in [2.75, 3.05) is 0 Å². The molecule has 0 heterocycles. The van der Waals surface area contributed by atoms with Crippen LogP contribution in [0.5, 0.6) is 0 Å². The first-order chi connectivity index (χ1) is 13.7. The van der Waals surface area contributed by atoms with E-state index in [1.165, 1.54) is 89.0 Å². The first-order valence-electron chi connectivity index (χ1n) is 11.6. The number of hydrogen-bond acceptors (Lipinski definition) is 1. The number of hydrogen-bond donors (Lipinski definition) is 1. The monoisotopic (exact) mass is 414 g/mol. The van der Waals surface area contributed by atoms with Crippen molar-refractivity contribution in [3.8, 4) is 0 Å². The molecule has 164 valence electrons. The number of rotatable bonds is 17. The predicted molar refractivity (Wildman–Crippen MR) is 132 cm³/mol. The van der Waals surface area contributed by atoms with Crippen molar-refractivity contribution in [1.82, 2.24) is 0 Å². The third kappa shape index (κ3) is 25.2. The first-order valence-corrected chi connectivity index (χ1v) is 11.6. The molecule has 3 heteroatoms. The Labute approximate surface area is 196 Å². The van der Waals surface area contributed by atoms with E-state index in [1.54, 1.807) is 0 Å². The molecule has 0 aliphatic carbocycles. The van der Waals surface area contributed by atoms with Gasteiger partial charge in [-0.1, -0.05) is 140 Å². The fourth-order valence-electron chi connectivity index (χ4n) is 3.24. The molecule has 2 nitrogen and oxygen atoms in total. The summed E-state index contributed by atoms with van der Waals surface area (Å²) in [6.07, 6.45) is 22.0. The summed E-state index contributed by atoms with van der Waals surface area (Å²) in [6.45, 7) is 5.90. The minimum Gasteiger partial charge on any atom is -0.481 e. The van der Waals surface area contributed by atoms with Gasteiger partial charge in [-0.3, -0.25) is 4.79 Å². The summed E-state index contributed by atoms with van der Waals surface area (Å²) in [6, 6.07) is 10.0. The minimum atomic E-state index is -0.653. The quantitative estimate of drug-likeness (QED) is 0.209. The van der Waals surface area contributed by atoms with E-state index in [9.17, 15) is 4.79 Å². The van der Waals surface area contributed by atoms with Gasteiger partial charge in [0.05, 0.1) is 0 Å². The summed E-state index contributed by atoms with van der Waals surface area (Å²) >= 11 is 0. The number of carboxylic acid groups (broad SMARTS) is 1. The third-order valence-corrected chi connectivity index (χ3v) is 5.03. The van der Waals surface area contributed by atoms with E-state index in [-0.39, 0.29) is 23.1 Å². The highest BCUT2D eigenvalue weighted by Gasteiger charge is 1.97. The molecule has 0 spiro atoms. The second-order valence-corrected chi connectivity index (χ2v) is 7.71. The molecule has 1 aromatic carbocycles. The topological polar surface area (TPSA) is 37.3 Å². The zero-order chi connectivity index (χ0) is 20.7. The maximum absolute atomic E-state index is 10.3. The Bertz CT molecular complexity index is 459. The first kappa shape index (κ1) is 30.4. The highest BCUT2D eigenvalue weighted by Crippen LogP contribution is 2.13. The van der Waals surface area contributed by atoms with Gasteiger partial charge in [-0.2, -0.15) is 0 Å². The smallest absolute Gasteiger partial charge is 0.316 e. The van der Waals surface area contributed by atoms with Gasteiger partial charge in [0.15, 0.2) is 0 Å². The van der Waals surface area contributed by atoms with Gasteiger partial charge < -0.3 is 5.11 Å². The highest BCUT2D eigenvalue weighted by molar-refractivity contribution is 5.75. The number of carboxylic acids is 1. The lowest BCUT2D eigenvalue weighted by molar-refractivity contribution is -0.137. The molecule has 0 aliphatic rings. The molecule has 0 aromatic heterocycles. The number of unbranched alkanes of at least 4 members (excludes halogenated alkanes) is 14. The Morgan fingerprint density at radius 1 is 0.759 bits per heavy atom. The summed E-state index contributed by atoms with van der Waals surface area (Å²) in [5, 5.41) is 8.52. The Morgan fingerprint density at radius 3 is 1.45 bits per heavy atom. The van der Waals surface area contributed by atoms with Crippen LogP contribution in [0.3, 0.4) is 0 Å². The van der Waals surface area contributed by atoms with Crippen molar-refractivity contribution in [2.45, 2.75) is 110 Å². The maximum atomic E-state index is 10.3. The van der Waals surface area contributed by atoms with Gasteiger partial charge in [-0.15, -0.1) is 0 Å². The van der Waals surface area contributed by atoms with Crippen molar-refractivity contribution in [2.24, 2.45) is 0 Å².